The molecule has 1 unspecified atom stereocenters. The van der Waals surface area contributed by atoms with Crippen molar-refractivity contribution in [2.75, 3.05) is 43.1 Å². The second kappa shape index (κ2) is 13.4. The van der Waals surface area contributed by atoms with Gasteiger partial charge in [0.05, 0.1) is 29.5 Å². The lowest BCUT2D eigenvalue weighted by Gasteiger charge is -2.36. The monoisotopic (exact) mass is 588 g/mol. The highest BCUT2D eigenvalue weighted by Crippen LogP contribution is 2.34. The van der Waals surface area contributed by atoms with Crippen LogP contribution in [0.15, 0.2) is 60.0 Å². The topological polar surface area (TPSA) is 97.1 Å². The number of carbonyl (C=O) groups is 2. The molecule has 0 spiro atoms. The van der Waals surface area contributed by atoms with Crippen LogP contribution >= 0.6 is 11.3 Å². The molecule has 1 aromatic heterocycles. The molecule has 2 amide bonds. The van der Waals surface area contributed by atoms with Gasteiger partial charge in [0.1, 0.15) is 6.10 Å². The minimum atomic E-state index is -0.407. The van der Waals surface area contributed by atoms with Crippen LogP contribution in [-0.4, -0.2) is 67.8 Å². The van der Waals surface area contributed by atoms with E-state index in [0.29, 0.717) is 26.4 Å². The summed E-state index contributed by atoms with van der Waals surface area (Å²) >= 11 is 1.49. The maximum absolute atomic E-state index is 13.6. The SMILES string of the molecule is NC1CCC(N(Cc2cccc(-c3ccc(N4CCOCC4)c(NC(=O)C4CCCO4)c3)c2)C(=O)c2cccs2)CC1. The Bertz CT molecular complexity index is 1360. The quantitative estimate of drug-likeness (QED) is 0.372. The lowest BCUT2D eigenvalue weighted by Crippen LogP contribution is -2.43. The summed E-state index contributed by atoms with van der Waals surface area (Å²) in [6.45, 7) is 4.04. The lowest BCUT2D eigenvalue weighted by atomic mass is 9.90. The molecule has 8 nitrogen and oxygen atoms in total. The summed E-state index contributed by atoms with van der Waals surface area (Å²) in [4.78, 5) is 31.8. The van der Waals surface area contributed by atoms with Gasteiger partial charge in [-0.1, -0.05) is 30.3 Å². The Hall–Kier alpha value is -3.24. The fraction of sp³-hybridized carbons (Fsp3) is 0.455. The molecule has 3 aromatic rings. The predicted octanol–water partition coefficient (Wildman–Crippen LogP) is 5.28. The molecule has 222 valence electrons. The van der Waals surface area contributed by atoms with E-state index in [4.69, 9.17) is 15.2 Å². The van der Waals surface area contributed by atoms with Gasteiger partial charge < -0.3 is 30.3 Å². The van der Waals surface area contributed by atoms with Crippen molar-refractivity contribution in [3.05, 3.63) is 70.4 Å². The highest BCUT2D eigenvalue weighted by molar-refractivity contribution is 7.12. The molecule has 1 atom stereocenters. The molecule has 9 heteroatoms. The zero-order valence-electron chi connectivity index (χ0n) is 24.0. The molecule has 2 saturated heterocycles. The van der Waals surface area contributed by atoms with Gasteiger partial charge in [0, 0.05) is 38.3 Å². The number of morpholine rings is 1. The number of anilines is 2. The summed E-state index contributed by atoms with van der Waals surface area (Å²) in [7, 11) is 0. The molecule has 2 aromatic carbocycles. The van der Waals surface area contributed by atoms with Crippen molar-refractivity contribution in [2.24, 2.45) is 5.73 Å². The number of thiophene rings is 1. The minimum absolute atomic E-state index is 0.0878. The standard InChI is InChI=1S/C33H40N4O4S/c34-26-9-11-27(12-10-26)37(33(39)31-7-3-19-42-31)22-23-4-1-5-24(20-23)25-8-13-29(36-14-17-40-18-15-36)28(21-25)35-32(38)30-6-2-16-41-30/h1,3-5,7-8,13,19-21,26-27,30H,2,6,9-12,14-18,22,34H2,(H,35,38). The van der Waals surface area contributed by atoms with Gasteiger partial charge in [0.2, 0.25) is 0 Å². The Morgan fingerprint density at radius 3 is 2.50 bits per heavy atom. The number of benzene rings is 2. The van der Waals surface area contributed by atoms with E-state index in [1.807, 2.05) is 22.4 Å². The van der Waals surface area contributed by atoms with Crippen LogP contribution in [0, 0.1) is 0 Å². The van der Waals surface area contributed by atoms with E-state index < -0.39 is 6.10 Å². The number of nitrogens with two attached hydrogens (primary N) is 1. The van der Waals surface area contributed by atoms with Gasteiger partial charge in [-0.05, 0) is 84.9 Å². The average molecular weight is 589 g/mol. The number of nitrogens with zero attached hydrogens (tertiary/aromatic N) is 2. The van der Waals surface area contributed by atoms with Crippen LogP contribution in [0.1, 0.15) is 53.8 Å². The van der Waals surface area contributed by atoms with Crippen molar-refractivity contribution in [1.29, 1.82) is 0 Å². The first kappa shape index (κ1) is 28.9. The first-order valence-electron chi connectivity index (χ1n) is 15.1. The summed E-state index contributed by atoms with van der Waals surface area (Å²) in [5.41, 5.74) is 11.1. The third-order valence-electron chi connectivity index (χ3n) is 8.62. The lowest BCUT2D eigenvalue weighted by molar-refractivity contribution is -0.124. The Kier molecular flexibility index (Phi) is 9.19. The molecular formula is C33H40N4O4S. The van der Waals surface area contributed by atoms with E-state index in [1.54, 1.807) is 0 Å². The number of hydrogen-bond acceptors (Lipinski definition) is 7. The van der Waals surface area contributed by atoms with Crippen LogP contribution in [-0.2, 0) is 20.8 Å². The van der Waals surface area contributed by atoms with Crippen molar-refractivity contribution in [1.82, 2.24) is 4.90 Å². The van der Waals surface area contributed by atoms with Gasteiger partial charge in [-0.3, -0.25) is 9.59 Å². The van der Waals surface area contributed by atoms with Crippen LogP contribution in [0.3, 0.4) is 0 Å². The van der Waals surface area contributed by atoms with Crippen molar-refractivity contribution in [2.45, 2.75) is 63.3 Å². The molecule has 0 radical (unpaired) electrons. The third-order valence-corrected chi connectivity index (χ3v) is 9.47. The molecule has 1 saturated carbocycles. The molecular weight excluding hydrogens is 548 g/mol. The minimum Gasteiger partial charge on any atom is -0.378 e. The Morgan fingerprint density at radius 2 is 1.76 bits per heavy atom. The molecule has 3 heterocycles. The molecule has 3 fully saturated rings. The number of hydrogen-bond donors (Lipinski definition) is 2. The van der Waals surface area contributed by atoms with E-state index in [2.05, 4.69) is 52.7 Å². The van der Waals surface area contributed by atoms with Crippen LogP contribution < -0.4 is 16.0 Å². The maximum atomic E-state index is 13.6. The second-order valence-electron chi connectivity index (χ2n) is 11.5. The smallest absolute Gasteiger partial charge is 0.264 e. The summed E-state index contributed by atoms with van der Waals surface area (Å²) < 4.78 is 11.2. The zero-order chi connectivity index (χ0) is 28.9. The summed E-state index contributed by atoms with van der Waals surface area (Å²) in [5, 5.41) is 5.13. The Balaban J connectivity index is 1.27. The number of ether oxygens (including phenoxy) is 2. The first-order chi connectivity index (χ1) is 20.5. The van der Waals surface area contributed by atoms with Crippen LogP contribution in [0.25, 0.3) is 11.1 Å². The summed E-state index contributed by atoms with van der Waals surface area (Å²) in [6.07, 6.45) is 4.97. The van der Waals surface area contributed by atoms with Gasteiger partial charge in [-0.2, -0.15) is 0 Å². The normalized spacial score (nSPS) is 22.6. The second-order valence-corrected chi connectivity index (χ2v) is 12.4. The summed E-state index contributed by atoms with van der Waals surface area (Å²) in [6, 6.07) is 18.9. The Labute approximate surface area is 251 Å². The van der Waals surface area contributed by atoms with Gasteiger partial charge in [0.25, 0.3) is 11.8 Å². The average Bonchev–Trinajstić information content (AvgIpc) is 3.76. The van der Waals surface area contributed by atoms with Crippen molar-refractivity contribution in [3.63, 3.8) is 0 Å². The highest BCUT2D eigenvalue weighted by Gasteiger charge is 2.29. The van der Waals surface area contributed by atoms with Gasteiger partial charge in [-0.25, -0.2) is 0 Å². The largest absolute Gasteiger partial charge is 0.378 e. The maximum Gasteiger partial charge on any atom is 0.264 e. The van der Waals surface area contributed by atoms with Gasteiger partial charge in [0.15, 0.2) is 0 Å². The van der Waals surface area contributed by atoms with Crippen molar-refractivity contribution < 1.29 is 19.1 Å². The zero-order valence-corrected chi connectivity index (χ0v) is 24.8. The molecule has 2 aliphatic heterocycles. The van der Waals surface area contributed by atoms with E-state index in [-0.39, 0.29) is 23.9 Å². The van der Waals surface area contributed by atoms with Crippen molar-refractivity contribution in [3.8, 4) is 11.1 Å². The van der Waals surface area contributed by atoms with E-state index in [0.717, 1.165) is 84.6 Å². The van der Waals surface area contributed by atoms with E-state index >= 15 is 0 Å². The highest BCUT2D eigenvalue weighted by atomic mass is 32.1. The molecule has 6 rings (SSSR count). The van der Waals surface area contributed by atoms with Crippen LogP contribution in [0.4, 0.5) is 11.4 Å². The fourth-order valence-corrected chi connectivity index (χ4v) is 6.94. The molecule has 0 bridgehead atoms. The van der Waals surface area contributed by atoms with Gasteiger partial charge >= 0.3 is 0 Å². The number of rotatable bonds is 8. The Morgan fingerprint density at radius 1 is 0.952 bits per heavy atom. The van der Waals surface area contributed by atoms with Gasteiger partial charge in [-0.15, -0.1) is 11.3 Å². The van der Waals surface area contributed by atoms with Crippen LogP contribution in [0.5, 0.6) is 0 Å². The van der Waals surface area contributed by atoms with E-state index in [1.165, 1.54) is 11.3 Å². The molecule has 1 aliphatic carbocycles. The molecule has 42 heavy (non-hydrogen) atoms. The van der Waals surface area contributed by atoms with Crippen molar-refractivity contribution >= 4 is 34.5 Å². The third kappa shape index (κ3) is 6.70. The summed E-state index contributed by atoms with van der Waals surface area (Å²) in [5.74, 6) is -0.00675. The first-order valence-corrected chi connectivity index (χ1v) is 16.0. The van der Waals surface area contributed by atoms with E-state index in [9.17, 15) is 9.59 Å². The molecule has 3 N–H and O–H groups in total. The predicted molar refractivity (Wildman–Crippen MR) is 167 cm³/mol. The number of nitrogens with one attached hydrogen (secondary N) is 1. The number of carbonyl (C=O) groups excluding carboxylic acids is 2. The molecule has 3 aliphatic rings. The van der Waals surface area contributed by atoms with Crippen LogP contribution in [0.2, 0.25) is 0 Å². The fourth-order valence-electron chi connectivity index (χ4n) is 6.26. The number of amides is 2.